The summed E-state index contributed by atoms with van der Waals surface area (Å²) in [5.41, 5.74) is 8.20. The first kappa shape index (κ1) is 10.1. The van der Waals surface area contributed by atoms with Gasteiger partial charge in [-0.15, -0.1) is 0 Å². The molecule has 3 rings (SSSR count). The van der Waals surface area contributed by atoms with Crippen molar-refractivity contribution < 1.29 is 0 Å². The van der Waals surface area contributed by atoms with Gasteiger partial charge in [-0.3, -0.25) is 5.43 Å². The lowest BCUT2D eigenvalue weighted by molar-refractivity contribution is 0.631. The van der Waals surface area contributed by atoms with Gasteiger partial charge in [0.1, 0.15) is 0 Å². The third kappa shape index (κ3) is 1.82. The quantitative estimate of drug-likeness (QED) is 0.788. The van der Waals surface area contributed by atoms with Crippen LogP contribution in [0.3, 0.4) is 0 Å². The van der Waals surface area contributed by atoms with Crippen LogP contribution in [0.2, 0.25) is 0 Å². The second-order valence-electron chi connectivity index (χ2n) is 4.36. The van der Waals surface area contributed by atoms with Crippen LogP contribution in [0.25, 0.3) is 0 Å². The minimum absolute atomic E-state index is 0.163. The fourth-order valence-corrected chi connectivity index (χ4v) is 2.25. The largest absolute Gasteiger partial charge is 0.298 e. The fourth-order valence-electron chi connectivity index (χ4n) is 2.25. The van der Waals surface area contributed by atoms with Crippen LogP contribution in [0.1, 0.15) is 28.3 Å². The highest BCUT2D eigenvalue weighted by Crippen LogP contribution is 2.27. The molecule has 0 spiro atoms. The summed E-state index contributed by atoms with van der Waals surface area (Å²) >= 11 is 0. The Bertz CT molecular complexity index is 573. The molecule has 0 saturated carbocycles. The third-order valence-electron chi connectivity index (χ3n) is 3.09. The van der Waals surface area contributed by atoms with E-state index in [9.17, 15) is 0 Å². The fraction of sp³-hybridized carbons (Fsp3) is 0.133. The number of benzene rings is 2. The maximum absolute atomic E-state index is 4.23. The molecule has 1 aliphatic rings. The molecule has 2 aromatic rings. The maximum atomic E-state index is 4.23. The van der Waals surface area contributed by atoms with Gasteiger partial charge in [-0.1, -0.05) is 54.1 Å². The number of hydrogen-bond acceptors (Lipinski definition) is 2. The van der Waals surface area contributed by atoms with Crippen LogP contribution < -0.4 is 5.43 Å². The predicted molar refractivity (Wildman–Crippen MR) is 70.2 cm³/mol. The van der Waals surface area contributed by atoms with E-state index in [0.29, 0.717) is 0 Å². The molecule has 1 N–H and O–H groups in total. The van der Waals surface area contributed by atoms with Crippen molar-refractivity contribution in [2.45, 2.75) is 13.0 Å². The Balaban J connectivity index is 2.09. The topological polar surface area (TPSA) is 24.4 Å². The number of rotatable bonds is 1. The number of fused-ring (bicyclic) bond motifs is 1. The molecule has 0 saturated heterocycles. The number of hydrazone groups is 1. The van der Waals surface area contributed by atoms with E-state index in [2.05, 4.69) is 59.9 Å². The Kier molecular flexibility index (Phi) is 2.41. The smallest absolute Gasteiger partial charge is 0.0946 e. The Morgan fingerprint density at radius 2 is 1.94 bits per heavy atom. The Morgan fingerprint density at radius 3 is 2.82 bits per heavy atom. The van der Waals surface area contributed by atoms with Gasteiger partial charge in [-0.05, 0) is 18.1 Å². The Morgan fingerprint density at radius 1 is 1.06 bits per heavy atom. The van der Waals surface area contributed by atoms with Crippen molar-refractivity contribution >= 4 is 6.21 Å². The van der Waals surface area contributed by atoms with Gasteiger partial charge in [0.05, 0.1) is 12.3 Å². The molecule has 1 aliphatic heterocycles. The number of nitrogens with zero attached hydrogens (tertiary/aromatic N) is 1. The van der Waals surface area contributed by atoms with Crippen LogP contribution in [0.15, 0.2) is 53.6 Å². The van der Waals surface area contributed by atoms with Crippen molar-refractivity contribution in [3.63, 3.8) is 0 Å². The molecule has 84 valence electrons. The average molecular weight is 222 g/mol. The molecule has 0 fully saturated rings. The highest BCUT2D eigenvalue weighted by molar-refractivity contribution is 5.83. The monoisotopic (exact) mass is 222 g/mol. The molecule has 1 atom stereocenters. The van der Waals surface area contributed by atoms with E-state index in [4.69, 9.17) is 0 Å². The van der Waals surface area contributed by atoms with Gasteiger partial charge in [0, 0.05) is 5.56 Å². The van der Waals surface area contributed by atoms with E-state index < -0.39 is 0 Å². The summed E-state index contributed by atoms with van der Waals surface area (Å²) in [6, 6.07) is 17.1. The lowest BCUT2D eigenvalue weighted by Gasteiger charge is -2.23. The van der Waals surface area contributed by atoms with Gasteiger partial charge < -0.3 is 0 Å². The highest BCUT2D eigenvalue weighted by atomic mass is 15.3. The van der Waals surface area contributed by atoms with Crippen LogP contribution in [-0.2, 0) is 0 Å². The number of hydrogen-bond donors (Lipinski definition) is 1. The molecule has 0 aromatic heterocycles. The molecule has 2 aromatic carbocycles. The minimum Gasteiger partial charge on any atom is -0.298 e. The van der Waals surface area contributed by atoms with Crippen LogP contribution in [0.5, 0.6) is 0 Å². The van der Waals surface area contributed by atoms with E-state index in [1.165, 1.54) is 22.3 Å². The summed E-state index contributed by atoms with van der Waals surface area (Å²) < 4.78 is 0. The van der Waals surface area contributed by atoms with E-state index in [1.807, 2.05) is 12.3 Å². The molecule has 0 unspecified atom stereocenters. The first-order chi connectivity index (χ1) is 8.34. The summed E-state index contributed by atoms with van der Waals surface area (Å²) in [7, 11) is 0. The molecule has 2 heteroatoms. The zero-order chi connectivity index (χ0) is 11.7. The van der Waals surface area contributed by atoms with E-state index >= 15 is 0 Å². The summed E-state index contributed by atoms with van der Waals surface area (Å²) in [6.07, 6.45) is 1.88. The normalized spacial score (nSPS) is 17.4. The van der Waals surface area contributed by atoms with Gasteiger partial charge in [0.2, 0.25) is 0 Å². The molecular weight excluding hydrogens is 208 g/mol. The summed E-state index contributed by atoms with van der Waals surface area (Å²) in [5, 5.41) is 4.23. The first-order valence-electron chi connectivity index (χ1n) is 5.79. The zero-order valence-electron chi connectivity index (χ0n) is 9.72. The van der Waals surface area contributed by atoms with Crippen LogP contribution in [0, 0.1) is 6.92 Å². The number of aryl methyl sites for hydroxylation is 1. The van der Waals surface area contributed by atoms with Crippen molar-refractivity contribution in [3.8, 4) is 0 Å². The molecule has 2 nitrogen and oxygen atoms in total. The zero-order valence-corrected chi connectivity index (χ0v) is 9.72. The second kappa shape index (κ2) is 4.06. The van der Waals surface area contributed by atoms with Gasteiger partial charge in [-0.2, -0.15) is 5.10 Å². The standard InChI is InChI=1S/C15H14N2/c1-11-5-4-7-12(9-11)15-14-8-3-2-6-13(14)10-16-17-15/h2-10,15,17H,1H3/t15-/m0/s1. The first-order valence-corrected chi connectivity index (χ1v) is 5.79. The average Bonchev–Trinajstić information content (AvgIpc) is 2.38. The molecule has 17 heavy (non-hydrogen) atoms. The van der Waals surface area contributed by atoms with Crippen molar-refractivity contribution in [3.05, 3.63) is 70.8 Å². The highest BCUT2D eigenvalue weighted by Gasteiger charge is 2.18. The SMILES string of the molecule is Cc1cccc([C@@H]2NN=Cc3ccccc32)c1. The lowest BCUT2D eigenvalue weighted by Crippen LogP contribution is -2.22. The van der Waals surface area contributed by atoms with Gasteiger partial charge in [-0.25, -0.2) is 0 Å². The van der Waals surface area contributed by atoms with Crippen molar-refractivity contribution in [1.82, 2.24) is 5.43 Å². The van der Waals surface area contributed by atoms with Gasteiger partial charge >= 0.3 is 0 Å². The van der Waals surface area contributed by atoms with Crippen molar-refractivity contribution in [2.75, 3.05) is 0 Å². The van der Waals surface area contributed by atoms with Crippen LogP contribution in [0.4, 0.5) is 0 Å². The second-order valence-corrected chi connectivity index (χ2v) is 4.36. The summed E-state index contributed by atoms with van der Waals surface area (Å²) in [4.78, 5) is 0. The molecule has 0 radical (unpaired) electrons. The molecule has 0 amide bonds. The van der Waals surface area contributed by atoms with Crippen LogP contribution in [-0.4, -0.2) is 6.21 Å². The van der Waals surface area contributed by atoms with Gasteiger partial charge in [0.25, 0.3) is 0 Å². The van der Waals surface area contributed by atoms with E-state index in [-0.39, 0.29) is 6.04 Å². The summed E-state index contributed by atoms with van der Waals surface area (Å²) in [6.45, 7) is 2.11. The lowest BCUT2D eigenvalue weighted by atomic mass is 9.93. The van der Waals surface area contributed by atoms with Gasteiger partial charge in [0.15, 0.2) is 0 Å². The predicted octanol–water partition coefficient (Wildman–Crippen LogP) is 3.02. The van der Waals surface area contributed by atoms with E-state index in [1.54, 1.807) is 0 Å². The Labute approximate surface area is 101 Å². The Hall–Kier alpha value is -2.09. The summed E-state index contributed by atoms with van der Waals surface area (Å²) in [5.74, 6) is 0. The number of nitrogens with one attached hydrogen (secondary N) is 1. The molecule has 1 heterocycles. The molecule has 0 bridgehead atoms. The molecular formula is C15H14N2. The van der Waals surface area contributed by atoms with E-state index in [0.717, 1.165) is 0 Å². The van der Waals surface area contributed by atoms with Crippen molar-refractivity contribution in [1.29, 1.82) is 0 Å². The third-order valence-corrected chi connectivity index (χ3v) is 3.09. The van der Waals surface area contributed by atoms with Crippen molar-refractivity contribution in [2.24, 2.45) is 5.10 Å². The maximum Gasteiger partial charge on any atom is 0.0946 e. The van der Waals surface area contributed by atoms with Crippen LogP contribution >= 0.6 is 0 Å². The minimum atomic E-state index is 0.163. The molecule has 0 aliphatic carbocycles.